The van der Waals surface area contributed by atoms with Crippen molar-refractivity contribution in [1.29, 1.82) is 5.26 Å². The standard InChI is InChI=1S/C8H11FN2O/c9-8-6-3-5(4-10)12-7(6)1-2-11-8/h5-8,11H,1-3H2. The van der Waals surface area contributed by atoms with Crippen LogP contribution in [0, 0.1) is 17.2 Å². The van der Waals surface area contributed by atoms with Gasteiger partial charge < -0.3 is 4.74 Å². The molecule has 0 radical (unpaired) electrons. The average Bonchev–Trinajstić information content (AvgIpc) is 2.49. The lowest BCUT2D eigenvalue weighted by Gasteiger charge is -2.27. The van der Waals surface area contributed by atoms with Crippen molar-refractivity contribution >= 4 is 0 Å². The first-order valence-corrected chi connectivity index (χ1v) is 4.24. The molecular formula is C8H11FN2O. The molecule has 2 rings (SSSR count). The van der Waals surface area contributed by atoms with Crippen molar-refractivity contribution in [3.63, 3.8) is 0 Å². The third-order valence-electron chi connectivity index (χ3n) is 2.59. The lowest BCUT2D eigenvalue weighted by Crippen LogP contribution is -2.43. The molecule has 66 valence electrons. The first-order valence-electron chi connectivity index (χ1n) is 4.24. The monoisotopic (exact) mass is 170 g/mol. The maximum absolute atomic E-state index is 13.1. The Morgan fingerprint density at radius 3 is 3.08 bits per heavy atom. The highest BCUT2D eigenvalue weighted by Crippen LogP contribution is 2.33. The third kappa shape index (κ3) is 1.19. The van der Waals surface area contributed by atoms with Gasteiger partial charge >= 0.3 is 0 Å². The van der Waals surface area contributed by atoms with Gasteiger partial charge in [-0.25, -0.2) is 4.39 Å². The van der Waals surface area contributed by atoms with E-state index in [0.717, 1.165) is 6.42 Å². The molecule has 0 amide bonds. The Balaban J connectivity index is 2.05. The van der Waals surface area contributed by atoms with Crippen LogP contribution in [0.3, 0.4) is 0 Å². The summed E-state index contributed by atoms with van der Waals surface area (Å²) in [6.45, 7) is 0.653. The molecule has 2 fully saturated rings. The normalized spacial score (nSPS) is 46.7. The van der Waals surface area contributed by atoms with Crippen molar-refractivity contribution < 1.29 is 9.13 Å². The molecule has 0 spiro atoms. The Kier molecular flexibility index (Phi) is 1.99. The maximum atomic E-state index is 13.1. The molecular weight excluding hydrogens is 159 g/mol. The predicted octanol–water partition coefficient (Wildman–Crippen LogP) is 0.573. The van der Waals surface area contributed by atoms with Crippen LogP contribution in [0.1, 0.15) is 12.8 Å². The van der Waals surface area contributed by atoms with E-state index < -0.39 is 12.4 Å². The van der Waals surface area contributed by atoms with Gasteiger partial charge in [-0.05, 0) is 12.8 Å². The number of ether oxygens (including phenoxy) is 1. The Labute approximate surface area is 70.5 Å². The predicted molar refractivity (Wildman–Crippen MR) is 39.9 cm³/mol. The lowest BCUT2D eigenvalue weighted by atomic mass is 9.93. The SMILES string of the molecule is N#CC1CC2C(F)NCCC2O1. The van der Waals surface area contributed by atoms with Crippen LogP contribution in [-0.4, -0.2) is 25.0 Å². The van der Waals surface area contributed by atoms with Gasteiger partial charge in [0.2, 0.25) is 0 Å². The summed E-state index contributed by atoms with van der Waals surface area (Å²) in [7, 11) is 0. The minimum atomic E-state index is -0.984. The fraction of sp³-hybridized carbons (Fsp3) is 0.875. The molecule has 0 bridgehead atoms. The zero-order valence-electron chi connectivity index (χ0n) is 6.66. The average molecular weight is 170 g/mol. The van der Waals surface area contributed by atoms with Crippen LogP contribution in [0.15, 0.2) is 0 Å². The molecule has 2 saturated heterocycles. The second-order valence-electron chi connectivity index (χ2n) is 3.34. The van der Waals surface area contributed by atoms with Crippen molar-refractivity contribution in [2.75, 3.05) is 6.54 Å². The van der Waals surface area contributed by atoms with Crippen molar-refractivity contribution in [2.45, 2.75) is 31.3 Å². The van der Waals surface area contributed by atoms with Crippen LogP contribution in [0.2, 0.25) is 0 Å². The number of nitriles is 1. The van der Waals surface area contributed by atoms with Crippen LogP contribution in [-0.2, 0) is 4.74 Å². The van der Waals surface area contributed by atoms with Gasteiger partial charge in [-0.3, -0.25) is 5.32 Å². The molecule has 0 aromatic heterocycles. The highest BCUT2D eigenvalue weighted by Gasteiger charge is 2.42. The van der Waals surface area contributed by atoms with E-state index in [2.05, 4.69) is 5.32 Å². The zero-order valence-corrected chi connectivity index (χ0v) is 6.66. The fourth-order valence-corrected chi connectivity index (χ4v) is 1.95. The van der Waals surface area contributed by atoms with E-state index in [1.165, 1.54) is 0 Å². The van der Waals surface area contributed by atoms with Gasteiger partial charge in [0.1, 0.15) is 6.10 Å². The minimum absolute atomic E-state index is 0.0362. The Morgan fingerprint density at radius 1 is 1.58 bits per heavy atom. The van der Waals surface area contributed by atoms with Gasteiger partial charge in [0.05, 0.1) is 12.2 Å². The van der Waals surface area contributed by atoms with E-state index in [0.29, 0.717) is 13.0 Å². The number of alkyl halides is 1. The summed E-state index contributed by atoms with van der Waals surface area (Å²) in [5.41, 5.74) is 0. The quantitative estimate of drug-likeness (QED) is 0.541. The van der Waals surface area contributed by atoms with Gasteiger partial charge in [-0.1, -0.05) is 0 Å². The largest absolute Gasteiger partial charge is 0.360 e. The molecule has 4 unspecified atom stereocenters. The molecule has 4 heteroatoms. The molecule has 0 aromatic rings. The number of halogens is 1. The molecule has 2 heterocycles. The second kappa shape index (κ2) is 3.00. The van der Waals surface area contributed by atoms with E-state index in [4.69, 9.17) is 10.00 Å². The third-order valence-corrected chi connectivity index (χ3v) is 2.59. The van der Waals surface area contributed by atoms with Crippen LogP contribution in [0.5, 0.6) is 0 Å². The number of nitrogens with one attached hydrogen (secondary N) is 1. The summed E-state index contributed by atoms with van der Waals surface area (Å²) in [4.78, 5) is 0. The zero-order chi connectivity index (χ0) is 8.55. The van der Waals surface area contributed by atoms with Gasteiger partial charge in [-0.2, -0.15) is 5.26 Å². The van der Waals surface area contributed by atoms with Gasteiger partial charge in [-0.15, -0.1) is 0 Å². The van der Waals surface area contributed by atoms with Crippen molar-refractivity contribution in [3.8, 4) is 6.07 Å². The topological polar surface area (TPSA) is 45.0 Å². The summed E-state index contributed by atoms with van der Waals surface area (Å²) in [6.07, 6.45) is -0.0513. The smallest absolute Gasteiger partial charge is 0.156 e. The maximum Gasteiger partial charge on any atom is 0.156 e. The molecule has 0 aliphatic carbocycles. The second-order valence-corrected chi connectivity index (χ2v) is 3.34. The molecule has 0 aromatic carbocycles. The van der Waals surface area contributed by atoms with Gasteiger partial charge in [0.25, 0.3) is 0 Å². The fourth-order valence-electron chi connectivity index (χ4n) is 1.95. The highest BCUT2D eigenvalue weighted by atomic mass is 19.1. The number of hydrogen-bond acceptors (Lipinski definition) is 3. The van der Waals surface area contributed by atoms with Crippen molar-refractivity contribution in [2.24, 2.45) is 5.92 Å². The molecule has 3 nitrogen and oxygen atoms in total. The van der Waals surface area contributed by atoms with E-state index in [-0.39, 0.29) is 12.0 Å². The summed E-state index contributed by atoms with van der Waals surface area (Å²) in [5.74, 6) is -0.108. The van der Waals surface area contributed by atoms with E-state index in [1.54, 1.807) is 0 Å². The molecule has 2 aliphatic rings. The summed E-state index contributed by atoms with van der Waals surface area (Å²) in [6, 6.07) is 2.02. The van der Waals surface area contributed by atoms with Crippen molar-refractivity contribution in [1.82, 2.24) is 5.32 Å². The molecule has 12 heavy (non-hydrogen) atoms. The molecule has 2 aliphatic heterocycles. The van der Waals surface area contributed by atoms with Crippen LogP contribution in [0.25, 0.3) is 0 Å². The Bertz CT molecular complexity index is 216. The van der Waals surface area contributed by atoms with E-state index >= 15 is 0 Å². The van der Waals surface area contributed by atoms with Gasteiger partial charge in [0, 0.05) is 12.5 Å². The lowest BCUT2D eigenvalue weighted by molar-refractivity contribution is 0.0113. The summed E-state index contributed by atoms with van der Waals surface area (Å²) < 4.78 is 18.5. The number of nitrogens with zero attached hydrogens (tertiary/aromatic N) is 1. The Morgan fingerprint density at radius 2 is 2.42 bits per heavy atom. The first-order chi connectivity index (χ1) is 5.81. The molecule has 4 atom stereocenters. The van der Waals surface area contributed by atoms with E-state index in [9.17, 15) is 4.39 Å². The van der Waals surface area contributed by atoms with E-state index in [1.807, 2.05) is 6.07 Å². The number of hydrogen-bond donors (Lipinski definition) is 1. The van der Waals surface area contributed by atoms with Gasteiger partial charge in [0.15, 0.2) is 6.30 Å². The minimum Gasteiger partial charge on any atom is -0.360 e. The van der Waals surface area contributed by atoms with Crippen LogP contribution in [0.4, 0.5) is 4.39 Å². The number of rotatable bonds is 0. The first kappa shape index (κ1) is 7.96. The van der Waals surface area contributed by atoms with Crippen molar-refractivity contribution in [3.05, 3.63) is 0 Å². The van der Waals surface area contributed by atoms with Crippen LogP contribution < -0.4 is 5.32 Å². The highest BCUT2D eigenvalue weighted by molar-refractivity contribution is 4.98. The summed E-state index contributed by atoms with van der Waals surface area (Å²) >= 11 is 0. The number of piperidine rings is 1. The Hall–Kier alpha value is -0.660. The molecule has 0 saturated carbocycles. The number of fused-ring (bicyclic) bond motifs is 1. The molecule has 1 N–H and O–H groups in total. The summed E-state index contributed by atoms with van der Waals surface area (Å²) in [5, 5.41) is 11.3. The van der Waals surface area contributed by atoms with Crippen LogP contribution >= 0.6 is 0 Å².